The van der Waals surface area contributed by atoms with Crippen LogP contribution in [0.3, 0.4) is 0 Å². The summed E-state index contributed by atoms with van der Waals surface area (Å²) in [4.78, 5) is 12.3. The maximum atomic E-state index is 12.3. The number of amides is 1. The van der Waals surface area contributed by atoms with Gasteiger partial charge in [-0.05, 0) is 44.4 Å². The molecule has 2 saturated carbocycles. The van der Waals surface area contributed by atoms with Crippen molar-refractivity contribution >= 4 is 17.7 Å². The highest BCUT2D eigenvalue weighted by Crippen LogP contribution is 2.33. The van der Waals surface area contributed by atoms with Gasteiger partial charge in [0.1, 0.15) is 0 Å². The number of hydrogen-bond donors (Lipinski definition) is 2. The van der Waals surface area contributed by atoms with Crippen molar-refractivity contribution < 1.29 is 4.79 Å². The predicted octanol–water partition coefficient (Wildman–Crippen LogP) is 1.76. The van der Waals surface area contributed by atoms with Crippen LogP contribution in [0.5, 0.6) is 0 Å². The summed E-state index contributed by atoms with van der Waals surface area (Å²) < 4.78 is 0. The van der Waals surface area contributed by atoms with E-state index < -0.39 is 0 Å². The molecule has 2 fully saturated rings. The zero-order valence-electron chi connectivity index (χ0n) is 10.7. The zero-order chi connectivity index (χ0) is 12.3. The molecule has 17 heavy (non-hydrogen) atoms. The van der Waals surface area contributed by atoms with E-state index in [0.29, 0.717) is 23.8 Å². The Morgan fingerprint density at radius 2 is 2.06 bits per heavy atom. The smallest absolute Gasteiger partial charge is 0.223 e. The monoisotopic (exact) mass is 256 g/mol. The Kier molecular flexibility index (Phi) is 4.74. The Labute approximate surface area is 108 Å². The molecule has 1 amide bonds. The lowest BCUT2D eigenvalue weighted by Crippen LogP contribution is -2.43. The largest absolute Gasteiger partial charge is 0.352 e. The van der Waals surface area contributed by atoms with Gasteiger partial charge in [-0.25, -0.2) is 0 Å². The lowest BCUT2D eigenvalue weighted by Gasteiger charge is -2.23. The molecule has 0 aromatic heterocycles. The third-order valence-corrected chi connectivity index (χ3v) is 5.55. The Balaban J connectivity index is 1.88. The molecular formula is C13H24N2OS. The first-order chi connectivity index (χ1) is 8.26. The van der Waals surface area contributed by atoms with Gasteiger partial charge in [-0.2, -0.15) is 11.8 Å². The number of nitrogens with one attached hydrogen (secondary N) is 1. The number of carbonyl (C=O) groups is 1. The van der Waals surface area contributed by atoms with Crippen molar-refractivity contribution in [3.63, 3.8) is 0 Å². The van der Waals surface area contributed by atoms with E-state index in [1.54, 1.807) is 0 Å². The molecule has 2 aliphatic rings. The lowest BCUT2D eigenvalue weighted by atomic mass is 9.95. The molecule has 3 nitrogen and oxygen atoms in total. The van der Waals surface area contributed by atoms with E-state index in [4.69, 9.17) is 5.73 Å². The Bertz CT molecular complexity index is 272. The van der Waals surface area contributed by atoms with E-state index in [1.807, 2.05) is 11.8 Å². The van der Waals surface area contributed by atoms with Crippen molar-refractivity contribution in [2.45, 2.75) is 49.8 Å². The topological polar surface area (TPSA) is 55.1 Å². The first kappa shape index (κ1) is 13.2. The van der Waals surface area contributed by atoms with Crippen LogP contribution in [0.25, 0.3) is 0 Å². The van der Waals surface area contributed by atoms with Crippen LogP contribution in [-0.2, 0) is 4.79 Å². The number of rotatable bonds is 4. The minimum Gasteiger partial charge on any atom is -0.352 e. The minimum atomic E-state index is 0.183. The maximum Gasteiger partial charge on any atom is 0.223 e. The second kappa shape index (κ2) is 6.10. The Morgan fingerprint density at radius 3 is 2.76 bits per heavy atom. The maximum absolute atomic E-state index is 12.3. The molecule has 0 saturated heterocycles. The number of thioether (sulfide) groups is 1. The second-order valence-electron chi connectivity index (χ2n) is 5.35. The third-order valence-electron chi connectivity index (χ3n) is 4.38. The van der Waals surface area contributed by atoms with Gasteiger partial charge in [0.2, 0.25) is 5.91 Å². The summed E-state index contributed by atoms with van der Waals surface area (Å²) in [6.07, 6.45) is 9.12. The van der Waals surface area contributed by atoms with E-state index in [-0.39, 0.29) is 11.8 Å². The normalized spacial score (nSPS) is 37.3. The highest BCUT2D eigenvalue weighted by Gasteiger charge is 2.35. The van der Waals surface area contributed by atoms with Gasteiger partial charge in [-0.15, -0.1) is 0 Å². The van der Waals surface area contributed by atoms with Crippen molar-refractivity contribution in [1.29, 1.82) is 0 Å². The van der Waals surface area contributed by atoms with Crippen LogP contribution in [0.15, 0.2) is 0 Å². The van der Waals surface area contributed by atoms with E-state index in [1.165, 1.54) is 12.8 Å². The van der Waals surface area contributed by atoms with Gasteiger partial charge in [0.05, 0.1) is 0 Å². The summed E-state index contributed by atoms with van der Waals surface area (Å²) >= 11 is 1.89. The van der Waals surface area contributed by atoms with Crippen molar-refractivity contribution in [1.82, 2.24) is 5.32 Å². The lowest BCUT2D eigenvalue weighted by molar-refractivity contribution is -0.126. The average molecular weight is 256 g/mol. The zero-order valence-corrected chi connectivity index (χ0v) is 11.5. The molecule has 0 aliphatic heterocycles. The fraction of sp³-hybridized carbons (Fsp3) is 0.923. The fourth-order valence-electron chi connectivity index (χ4n) is 3.33. The Morgan fingerprint density at radius 1 is 1.29 bits per heavy atom. The molecule has 2 rings (SSSR count). The van der Waals surface area contributed by atoms with Gasteiger partial charge < -0.3 is 11.1 Å². The SMILES string of the molecule is CSC1CCCC1NC(=O)C1CCCC1CN. The average Bonchev–Trinajstić information content (AvgIpc) is 2.96. The van der Waals surface area contributed by atoms with Gasteiger partial charge in [-0.3, -0.25) is 4.79 Å². The quantitative estimate of drug-likeness (QED) is 0.806. The predicted molar refractivity (Wildman–Crippen MR) is 73.0 cm³/mol. The van der Waals surface area contributed by atoms with Crippen LogP contribution < -0.4 is 11.1 Å². The van der Waals surface area contributed by atoms with E-state index in [0.717, 1.165) is 25.7 Å². The third kappa shape index (κ3) is 2.97. The molecule has 98 valence electrons. The summed E-state index contributed by atoms with van der Waals surface area (Å²) in [7, 11) is 0. The molecule has 0 spiro atoms. The van der Waals surface area contributed by atoms with Crippen LogP contribution >= 0.6 is 11.8 Å². The highest BCUT2D eigenvalue weighted by atomic mass is 32.2. The van der Waals surface area contributed by atoms with Crippen LogP contribution in [-0.4, -0.2) is 30.0 Å². The molecule has 0 aromatic rings. The van der Waals surface area contributed by atoms with Crippen molar-refractivity contribution in [2.24, 2.45) is 17.6 Å². The number of nitrogens with two attached hydrogens (primary N) is 1. The standard InChI is InChI=1S/C13H24N2OS/c1-17-12-7-3-6-11(12)15-13(16)10-5-2-4-9(10)8-14/h9-12H,2-8,14H2,1H3,(H,15,16). The summed E-state index contributed by atoms with van der Waals surface area (Å²) in [5.41, 5.74) is 5.74. The highest BCUT2D eigenvalue weighted by molar-refractivity contribution is 7.99. The number of carbonyl (C=O) groups excluding carboxylic acids is 1. The van der Waals surface area contributed by atoms with Crippen LogP contribution in [0.2, 0.25) is 0 Å². The van der Waals surface area contributed by atoms with Crippen molar-refractivity contribution in [2.75, 3.05) is 12.8 Å². The van der Waals surface area contributed by atoms with Crippen LogP contribution in [0, 0.1) is 11.8 Å². The number of hydrogen-bond acceptors (Lipinski definition) is 3. The van der Waals surface area contributed by atoms with Crippen molar-refractivity contribution in [3.8, 4) is 0 Å². The van der Waals surface area contributed by atoms with E-state index in [2.05, 4.69) is 11.6 Å². The minimum absolute atomic E-state index is 0.183. The van der Waals surface area contributed by atoms with Gasteiger partial charge >= 0.3 is 0 Å². The van der Waals surface area contributed by atoms with Gasteiger partial charge in [-0.1, -0.05) is 12.8 Å². The molecule has 0 heterocycles. The fourth-order valence-corrected chi connectivity index (χ4v) is 4.26. The molecule has 2 aliphatic carbocycles. The van der Waals surface area contributed by atoms with Gasteiger partial charge in [0.25, 0.3) is 0 Å². The van der Waals surface area contributed by atoms with E-state index in [9.17, 15) is 4.79 Å². The Hall–Kier alpha value is -0.220. The summed E-state index contributed by atoms with van der Waals surface area (Å²) in [6.45, 7) is 0.661. The molecule has 0 bridgehead atoms. The summed E-state index contributed by atoms with van der Waals surface area (Å²) in [5, 5.41) is 3.89. The molecule has 0 aromatic carbocycles. The molecule has 4 unspecified atom stereocenters. The van der Waals surface area contributed by atoms with Gasteiger partial charge in [0.15, 0.2) is 0 Å². The molecule has 4 heteroatoms. The first-order valence-corrected chi connectivity index (χ1v) is 8.08. The van der Waals surface area contributed by atoms with E-state index >= 15 is 0 Å². The first-order valence-electron chi connectivity index (χ1n) is 6.79. The van der Waals surface area contributed by atoms with Gasteiger partial charge in [0, 0.05) is 17.2 Å². The summed E-state index contributed by atoms with van der Waals surface area (Å²) in [5.74, 6) is 0.871. The molecule has 4 atom stereocenters. The molecule has 3 N–H and O–H groups in total. The molecular weight excluding hydrogens is 232 g/mol. The molecule has 0 radical (unpaired) electrons. The summed E-state index contributed by atoms with van der Waals surface area (Å²) in [6, 6.07) is 0.400. The van der Waals surface area contributed by atoms with Crippen molar-refractivity contribution in [3.05, 3.63) is 0 Å². The van der Waals surface area contributed by atoms with Crippen LogP contribution in [0.1, 0.15) is 38.5 Å². The van der Waals surface area contributed by atoms with Crippen LogP contribution in [0.4, 0.5) is 0 Å². The second-order valence-corrected chi connectivity index (χ2v) is 6.43.